The highest BCUT2D eigenvalue weighted by Gasteiger charge is 2.44. The average molecular weight is 442 g/mol. The Bertz CT molecular complexity index is 1310. The molecule has 33 heavy (non-hydrogen) atoms. The molecule has 0 spiro atoms. The van der Waals surface area contributed by atoms with E-state index >= 15 is 0 Å². The summed E-state index contributed by atoms with van der Waals surface area (Å²) >= 11 is 0. The SMILES string of the molecule is Cc1ccc(C)c(N2C(=O)c3ccc(C(=O)NCC4(c5ccc(F)cc5)CC4)cc3C2=O)c1. The molecule has 0 bridgehead atoms. The van der Waals surface area contributed by atoms with Crippen LogP contribution in [0.25, 0.3) is 0 Å². The van der Waals surface area contributed by atoms with Crippen molar-refractivity contribution in [2.75, 3.05) is 11.4 Å². The Kier molecular flexibility index (Phi) is 4.89. The number of nitrogens with one attached hydrogen (secondary N) is 1. The summed E-state index contributed by atoms with van der Waals surface area (Å²) in [7, 11) is 0. The molecule has 1 heterocycles. The topological polar surface area (TPSA) is 66.5 Å². The first-order chi connectivity index (χ1) is 15.8. The highest BCUT2D eigenvalue weighted by molar-refractivity contribution is 6.35. The molecule has 166 valence electrons. The number of amides is 3. The largest absolute Gasteiger partial charge is 0.351 e. The number of nitrogens with zero attached hydrogens (tertiary/aromatic N) is 1. The van der Waals surface area contributed by atoms with E-state index in [0.717, 1.165) is 29.5 Å². The van der Waals surface area contributed by atoms with Crippen LogP contribution in [0.15, 0.2) is 60.7 Å². The van der Waals surface area contributed by atoms with Crippen LogP contribution in [0.5, 0.6) is 0 Å². The average Bonchev–Trinajstić information content (AvgIpc) is 3.56. The van der Waals surface area contributed by atoms with E-state index in [1.54, 1.807) is 24.3 Å². The molecule has 0 aromatic heterocycles. The van der Waals surface area contributed by atoms with Crippen molar-refractivity contribution in [1.29, 1.82) is 0 Å². The van der Waals surface area contributed by atoms with Gasteiger partial charge in [0.1, 0.15) is 5.82 Å². The van der Waals surface area contributed by atoms with E-state index in [4.69, 9.17) is 0 Å². The molecule has 5 rings (SSSR count). The lowest BCUT2D eigenvalue weighted by atomic mass is 9.95. The first kappa shape index (κ1) is 21.1. The second kappa shape index (κ2) is 7.66. The number of rotatable bonds is 5. The quantitative estimate of drug-likeness (QED) is 0.582. The van der Waals surface area contributed by atoms with Crippen LogP contribution in [0.3, 0.4) is 0 Å². The van der Waals surface area contributed by atoms with Gasteiger partial charge in [-0.25, -0.2) is 9.29 Å². The molecule has 3 aromatic carbocycles. The van der Waals surface area contributed by atoms with Crippen molar-refractivity contribution >= 4 is 23.4 Å². The summed E-state index contributed by atoms with van der Waals surface area (Å²) < 4.78 is 13.3. The summed E-state index contributed by atoms with van der Waals surface area (Å²) in [4.78, 5) is 40.1. The minimum absolute atomic E-state index is 0.175. The minimum Gasteiger partial charge on any atom is -0.351 e. The molecule has 1 saturated carbocycles. The summed E-state index contributed by atoms with van der Waals surface area (Å²) in [5.41, 5.74) is 4.00. The zero-order valence-corrected chi connectivity index (χ0v) is 18.4. The lowest BCUT2D eigenvalue weighted by molar-refractivity contribution is 0.0923. The van der Waals surface area contributed by atoms with E-state index in [2.05, 4.69) is 5.32 Å². The summed E-state index contributed by atoms with van der Waals surface area (Å²) in [6.07, 6.45) is 1.84. The van der Waals surface area contributed by atoms with E-state index in [9.17, 15) is 18.8 Å². The Morgan fingerprint density at radius 1 is 0.939 bits per heavy atom. The predicted octanol–water partition coefficient (Wildman–Crippen LogP) is 4.70. The van der Waals surface area contributed by atoms with Crippen molar-refractivity contribution in [2.45, 2.75) is 32.1 Å². The van der Waals surface area contributed by atoms with Gasteiger partial charge in [-0.1, -0.05) is 24.3 Å². The number of halogens is 1. The molecule has 0 radical (unpaired) electrons. The Labute approximate surface area is 191 Å². The Hall–Kier alpha value is -3.80. The Morgan fingerprint density at radius 3 is 2.33 bits per heavy atom. The second-order valence-corrected chi connectivity index (χ2v) is 8.97. The van der Waals surface area contributed by atoms with Crippen LogP contribution >= 0.6 is 0 Å². The van der Waals surface area contributed by atoms with Crippen LogP contribution in [0.4, 0.5) is 10.1 Å². The van der Waals surface area contributed by atoms with E-state index in [0.29, 0.717) is 23.4 Å². The predicted molar refractivity (Wildman–Crippen MR) is 123 cm³/mol. The molecule has 3 amide bonds. The highest BCUT2D eigenvalue weighted by atomic mass is 19.1. The number of carbonyl (C=O) groups is 3. The van der Waals surface area contributed by atoms with Gasteiger partial charge < -0.3 is 5.32 Å². The van der Waals surface area contributed by atoms with Crippen molar-refractivity contribution in [1.82, 2.24) is 5.32 Å². The van der Waals surface area contributed by atoms with Gasteiger partial charge in [0.25, 0.3) is 17.7 Å². The Balaban J connectivity index is 1.36. The normalized spacial score (nSPS) is 16.0. The first-order valence-corrected chi connectivity index (χ1v) is 10.9. The number of imide groups is 1. The van der Waals surface area contributed by atoms with Crippen molar-refractivity contribution in [3.05, 3.63) is 99.9 Å². The third-order valence-electron chi connectivity index (χ3n) is 6.65. The molecule has 6 heteroatoms. The van der Waals surface area contributed by atoms with Gasteiger partial charge >= 0.3 is 0 Å². The number of anilines is 1. The molecular weight excluding hydrogens is 419 g/mol. The molecule has 1 aliphatic heterocycles. The van der Waals surface area contributed by atoms with Gasteiger partial charge in [-0.3, -0.25) is 14.4 Å². The monoisotopic (exact) mass is 442 g/mol. The number of carbonyl (C=O) groups excluding carboxylic acids is 3. The van der Waals surface area contributed by atoms with Crippen molar-refractivity contribution in [2.24, 2.45) is 0 Å². The van der Waals surface area contributed by atoms with Crippen molar-refractivity contribution in [3.63, 3.8) is 0 Å². The fraction of sp³-hybridized carbons (Fsp3) is 0.222. The zero-order chi connectivity index (χ0) is 23.3. The van der Waals surface area contributed by atoms with Crippen LogP contribution in [-0.4, -0.2) is 24.3 Å². The summed E-state index contributed by atoms with van der Waals surface area (Å²) in [5.74, 6) is -1.41. The van der Waals surface area contributed by atoms with E-state index < -0.39 is 5.91 Å². The summed E-state index contributed by atoms with van der Waals surface area (Å²) in [6, 6.07) is 16.6. The molecule has 2 aliphatic rings. The number of hydrogen-bond acceptors (Lipinski definition) is 3. The third kappa shape index (κ3) is 3.61. The van der Waals surface area contributed by atoms with Gasteiger partial charge in [0.15, 0.2) is 0 Å². The highest BCUT2D eigenvalue weighted by Crippen LogP contribution is 2.47. The maximum absolute atomic E-state index is 13.3. The van der Waals surface area contributed by atoms with Crippen molar-refractivity contribution in [3.8, 4) is 0 Å². The van der Waals surface area contributed by atoms with Crippen LogP contribution in [-0.2, 0) is 5.41 Å². The molecule has 1 N–H and O–H groups in total. The third-order valence-corrected chi connectivity index (χ3v) is 6.65. The van der Waals surface area contributed by atoms with Crippen molar-refractivity contribution < 1.29 is 18.8 Å². The molecule has 1 aliphatic carbocycles. The van der Waals surface area contributed by atoms with E-state index in [1.165, 1.54) is 23.1 Å². The summed E-state index contributed by atoms with van der Waals surface area (Å²) in [6.45, 7) is 4.18. The lowest BCUT2D eigenvalue weighted by Crippen LogP contribution is -2.32. The molecule has 1 fully saturated rings. The number of hydrogen-bond donors (Lipinski definition) is 1. The van der Waals surface area contributed by atoms with Crippen LogP contribution < -0.4 is 10.2 Å². The zero-order valence-electron chi connectivity index (χ0n) is 18.4. The number of aryl methyl sites for hydroxylation is 2. The van der Waals surface area contributed by atoms with E-state index in [1.807, 2.05) is 32.0 Å². The fourth-order valence-corrected chi connectivity index (χ4v) is 4.43. The molecule has 0 saturated heterocycles. The number of benzene rings is 3. The fourth-order valence-electron chi connectivity index (χ4n) is 4.43. The smallest absolute Gasteiger partial charge is 0.266 e. The van der Waals surface area contributed by atoms with Gasteiger partial charge in [0, 0.05) is 17.5 Å². The van der Waals surface area contributed by atoms with Crippen LogP contribution in [0.2, 0.25) is 0 Å². The van der Waals surface area contributed by atoms with E-state index in [-0.39, 0.29) is 28.6 Å². The molecule has 0 unspecified atom stereocenters. The van der Waals surface area contributed by atoms with Gasteiger partial charge in [0.05, 0.1) is 16.8 Å². The van der Waals surface area contributed by atoms with Gasteiger partial charge in [-0.2, -0.15) is 0 Å². The standard InChI is InChI=1S/C27H23FN2O3/c1-16-3-4-17(2)23(13-16)30-25(32)21-10-5-18(14-22(21)26(30)33)24(31)29-15-27(11-12-27)19-6-8-20(28)9-7-19/h3-10,13-14H,11-12,15H2,1-2H3,(H,29,31). The minimum atomic E-state index is -0.427. The molecule has 3 aromatic rings. The van der Waals surface area contributed by atoms with Crippen LogP contribution in [0, 0.1) is 19.7 Å². The molecule has 5 nitrogen and oxygen atoms in total. The maximum Gasteiger partial charge on any atom is 0.266 e. The van der Waals surface area contributed by atoms with Gasteiger partial charge in [-0.05, 0) is 79.8 Å². The first-order valence-electron chi connectivity index (χ1n) is 10.9. The molecular formula is C27H23FN2O3. The van der Waals surface area contributed by atoms with Gasteiger partial charge in [-0.15, -0.1) is 0 Å². The van der Waals surface area contributed by atoms with Gasteiger partial charge in [0.2, 0.25) is 0 Å². The number of fused-ring (bicyclic) bond motifs is 1. The second-order valence-electron chi connectivity index (χ2n) is 8.97. The lowest BCUT2D eigenvalue weighted by Gasteiger charge is -2.17. The Morgan fingerprint density at radius 2 is 1.64 bits per heavy atom. The molecule has 0 atom stereocenters. The maximum atomic E-state index is 13.3. The van der Waals surface area contributed by atoms with Crippen LogP contribution in [0.1, 0.15) is 60.6 Å². The summed E-state index contributed by atoms with van der Waals surface area (Å²) in [5, 5.41) is 2.95.